The maximum absolute atomic E-state index is 13.0. The van der Waals surface area contributed by atoms with Gasteiger partial charge in [0.2, 0.25) is 0 Å². The molecule has 2 aliphatic heterocycles. The van der Waals surface area contributed by atoms with Gasteiger partial charge in [0, 0.05) is 34.9 Å². The molecule has 0 aliphatic carbocycles. The zero-order chi connectivity index (χ0) is 19.5. The van der Waals surface area contributed by atoms with Crippen molar-refractivity contribution in [2.75, 3.05) is 6.54 Å². The van der Waals surface area contributed by atoms with Gasteiger partial charge in [0.25, 0.3) is 0 Å². The van der Waals surface area contributed by atoms with E-state index in [2.05, 4.69) is 48.0 Å². The minimum absolute atomic E-state index is 0.0179. The van der Waals surface area contributed by atoms with Crippen LogP contribution in [-0.4, -0.2) is 27.3 Å². The maximum atomic E-state index is 13.0. The molecular weight excluding hydrogens is 348 g/mol. The third kappa shape index (κ3) is 2.21. The van der Waals surface area contributed by atoms with E-state index in [1.165, 1.54) is 16.6 Å². The Hall–Kier alpha value is -3.27. The van der Waals surface area contributed by atoms with E-state index < -0.39 is 0 Å². The number of fused-ring (bicyclic) bond motifs is 5. The van der Waals surface area contributed by atoms with Gasteiger partial charge in [-0.1, -0.05) is 30.3 Å². The molecule has 0 amide bonds. The van der Waals surface area contributed by atoms with E-state index in [0.717, 1.165) is 24.1 Å². The highest BCUT2D eigenvalue weighted by Gasteiger charge is 2.43. The third-order valence-electron chi connectivity index (χ3n) is 6.32. The number of nitrogens with zero attached hydrogens (tertiary/aromatic N) is 1. The molecule has 3 heterocycles. The number of rotatable bonds is 2. The van der Waals surface area contributed by atoms with Crippen LogP contribution >= 0.6 is 0 Å². The van der Waals surface area contributed by atoms with Gasteiger partial charge in [0.1, 0.15) is 5.75 Å². The molecule has 1 aromatic heterocycles. The van der Waals surface area contributed by atoms with Gasteiger partial charge in [-0.25, -0.2) is 0 Å². The summed E-state index contributed by atoms with van der Waals surface area (Å²) in [5, 5.41) is 11.4. The fourth-order valence-electron chi connectivity index (χ4n) is 4.62. The van der Waals surface area contributed by atoms with Gasteiger partial charge in [0.05, 0.1) is 11.1 Å². The number of benzene rings is 2. The maximum Gasteiger partial charge on any atom is 0.198 e. The monoisotopic (exact) mass is 370 g/mol. The molecule has 1 unspecified atom stereocenters. The highest BCUT2D eigenvalue weighted by Crippen LogP contribution is 2.46. The summed E-state index contributed by atoms with van der Waals surface area (Å²) in [6.45, 7) is 5.14. The second-order valence-corrected chi connectivity index (χ2v) is 7.80. The molecule has 0 saturated carbocycles. The van der Waals surface area contributed by atoms with E-state index in [9.17, 15) is 9.90 Å². The topological polar surface area (TPSA) is 56.3 Å². The van der Waals surface area contributed by atoms with Crippen LogP contribution in [0.25, 0.3) is 10.9 Å². The Morgan fingerprint density at radius 3 is 2.71 bits per heavy atom. The third-order valence-corrected chi connectivity index (χ3v) is 6.32. The predicted molar refractivity (Wildman–Crippen MR) is 110 cm³/mol. The molecule has 0 fully saturated rings. The normalized spacial score (nSPS) is 21.0. The molecule has 2 aromatic carbocycles. The standard InChI is InChI=1S/C24H22N2O2/c1-15-13-16(22(28)19-8-4-6-10-21(19)27)14-26-12-11-18-17-7-3-5-9-20(17)25-23(18)24(15,26)2/h3-10,13-14,25,27H,11-12H2,1-2H3. The summed E-state index contributed by atoms with van der Waals surface area (Å²) in [6, 6.07) is 15.1. The average molecular weight is 370 g/mol. The number of hydrogen-bond donors (Lipinski definition) is 2. The number of para-hydroxylation sites is 2. The number of aromatic hydroxyl groups is 1. The molecular formula is C24H22N2O2. The highest BCUT2D eigenvalue weighted by atomic mass is 16.3. The molecule has 140 valence electrons. The smallest absolute Gasteiger partial charge is 0.198 e. The Kier molecular flexibility index (Phi) is 3.53. The first-order valence-electron chi connectivity index (χ1n) is 9.60. The molecule has 0 saturated heterocycles. The fraction of sp³-hybridized carbons (Fsp3) is 0.208. The van der Waals surface area contributed by atoms with E-state index in [-0.39, 0.29) is 17.1 Å². The molecule has 0 spiro atoms. The quantitative estimate of drug-likeness (QED) is 0.645. The summed E-state index contributed by atoms with van der Waals surface area (Å²) in [6.07, 6.45) is 4.85. The minimum Gasteiger partial charge on any atom is -0.507 e. The van der Waals surface area contributed by atoms with Gasteiger partial charge in [-0.15, -0.1) is 0 Å². The summed E-state index contributed by atoms with van der Waals surface area (Å²) in [7, 11) is 0. The van der Waals surface area contributed by atoms with Crippen LogP contribution in [0.3, 0.4) is 0 Å². The van der Waals surface area contributed by atoms with Crippen LogP contribution in [0, 0.1) is 0 Å². The zero-order valence-corrected chi connectivity index (χ0v) is 16.0. The summed E-state index contributed by atoms with van der Waals surface area (Å²) >= 11 is 0. The number of phenols is 1. The first-order chi connectivity index (χ1) is 13.5. The van der Waals surface area contributed by atoms with Crippen molar-refractivity contribution in [2.24, 2.45) is 0 Å². The second-order valence-electron chi connectivity index (χ2n) is 7.80. The molecule has 28 heavy (non-hydrogen) atoms. The summed E-state index contributed by atoms with van der Waals surface area (Å²) < 4.78 is 0. The van der Waals surface area contributed by atoms with Gasteiger partial charge in [0.15, 0.2) is 5.78 Å². The van der Waals surface area contributed by atoms with Crippen molar-refractivity contribution in [1.29, 1.82) is 0 Å². The molecule has 4 heteroatoms. The number of hydrogen-bond acceptors (Lipinski definition) is 3. The number of Topliss-reactive ketones (excluding diaryl/α,β-unsaturated/α-hetero) is 1. The fourth-order valence-corrected chi connectivity index (χ4v) is 4.62. The number of aromatic amines is 1. The van der Waals surface area contributed by atoms with Crippen LogP contribution in [-0.2, 0) is 12.0 Å². The van der Waals surface area contributed by atoms with Crippen LogP contribution in [0.5, 0.6) is 5.75 Å². The number of aromatic nitrogens is 1. The first-order valence-corrected chi connectivity index (χ1v) is 9.60. The number of H-pyrrole nitrogens is 1. The number of carbonyl (C=O) groups is 1. The molecule has 4 nitrogen and oxygen atoms in total. The second kappa shape index (κ2) is 5.86. The van der Waals surface area contributed by atoms with Gasteiger partial charge in [-0.3, -0.25) is 4.79 Å². The van der Waals surface area contributed by atoms with Crippen molar-refractivity contribution in [3.63, 3.8) is 0 Å². The van der Waals surface area contributed by atoms with Gasteiger partial charge >= 0.3 is 0 Å². The van der Waals surface area contributed by atoms with E-state index in [0.29, 0.717) is 11.1 Å². The molecule has 3 aromatic rings. The lowest BCUT2D eigenvalue weighted by Crippen LogP contribution is -2.48. The van der Waals surface area contributed by atoms with Crippen LogP contribution in [0.4, 0.5) is 0 Å². The number of allylic oxidation sites excluding steroid dienone is 2. The van der Waals surface area contributed by atoms with Crippen molar-refractivity contribution in [2.45, 2.75) is 25.8 Å². The number of phenolic OH excluding ortho intramolecular Hbond substituents is 1. The van der Waals surface area contributed by atoms with Crippen molar-refractivity contribution in [3.05, 3.63) is 88.8 Å². The Bertz CT molecular complexity index is 1180. The van der Waals surface area contributed by atoms with Crippen molar-refractivity contribution >= 4 is 16.7 Å². The average Bonchev–Trinajstić information content (AvgIpc) is 3.09. The van der Waals surface area contributed by atoms with Crippen molar-refractivity contribution in [1.82, 2.24) is 9.88 Å². The van der Waals surface area contributed by atoms with Crippen molar-refractivity contribution < 1.29 is 9.90 Å². The minimum atomic E-state index is -0.310. The lowest BCUT2D eigenvalue weighted by molar-refractivity contribution is 0.102. The lowest BCUT2D eigenvalue weighted by atomic mass is 9.78. The van der Waals surface area contributed by atoms with Crippen LogP contribution in [0.15, 0.2) is 72.0 Å². The lowest BCUT2D eigenvalue weighted by Gasteiger charge is -2.47. The summed E-state index contributed by atoms with van der Waals surface area (Å²) in [5.41, 5.74) is 5.48. The molecule has 0 bridgehead atoms. The van der Waals surface area contributed by atoms with Gasteiger partial charge in [-0.05, 0) is 55.7 Å². The van der Waals surface area contributed by atoms with E-state index in [1.54, 1.807) is 24.3 Å². The van der Waals surface area contributed by atoms with E-state index in [1.807, 2.05) is 12.3 Å². The molecule has 5 rings (SSSR count). The molecule has 0 radical (unpaired) electrons. The van der Waals surface area contributed by atoms with E-state index in [4.69, 9.17) is 0 Å². The Labute approximate surface area is 163 Å². The Morgan fingerprint density at radius 1 is 1.14 bits per heavy atom. The molecule has 2 N–H and O–H groups in total. The number of ketones is 1. The number of carbonyl (C=O) groups excluding carboxylic acids is 1. The summed E-state index contributed by atoms with van der Waals surface area (Å²) in [5.74, 6) is -0.133. The first kappa shape index (κ1) is 16.9. The van der Waals surface area contributed by atoms with Crippen LogP contribution in [0.2, 0.25) is 0 Å². The van der Waals surface area contributed by atoms with Crippen LogP contribution < -0.4 is 0 Å². The highest BCUT2D eigenvalue weighted by molar-refractivity contribution is 6.12. The Morgan fingerprint density at radius 2 is 1.89 bits per heavy atom. The zero-order valence-electron chi connectivity index (χ0n) is 16.0. The Balaban J connectivity index is 1.61. The van der Waals surface area contributed by atoms with E-state index >= 15 is 0 Å². The van der Waals surface area contributed by atoms with Gasteiger partial charge < -0.3 is 15.0 Å². The SMILES string of the molecule is CC1=CC(C(=O)c2ccccc2O)=CN2CCc3c([nH]c4ccccc34)C12C. The van der Waals surface area contributed by atoms with Gasteiger partial charge in [-0.2, -0.15) is 0 Å². The summed E-state index contributed by atoms with van der Waals surface area (Å²) in [4.78, 5) is 18.9. The molecule has 1 atom stereocenters. The number of nitrogens with one attached hydrogen (secondary N) is 1. The largest absolute Gasteiger partial charge is 0.507 e. The predicted octanol–water partition coefficient (Wildman–Crippen LogP) is 4.67. The van der Waals surface area contributed by atoms with Crippen molar-refractivity contribution in [3.8, 4) is 5.75 Å². The molecule has 2 aliphatic rings. The van der Waals surface area contributed by atoms with Crippen LogP contribution in [0.1, 0.15) is 35.5 Å².